The summed E-state index contributed by atoms with van der Waals surface area (Å²) in [5, 5.41) is 4.25. The minimum atomic E-state index is 0.293. The summed E-state index contributed by atoms with van der Waals surface area (Å²) in [5.41, 5.74) is 1.24. The van der Waals surface area contributed by atoms with Crippen molar-refractivity contribution in [3.63, 3.8) is 0 Å². The molecule has 0 fully saturated rings. The largest absolute Gasteiger partial charge is 0.494 e. The average Bonchev–Trinajstić information content (AvgIpc) is 2.48. The summed E-state index contributed by atoms with van der Waals surface area (Å²) in [6.45, 7) is 3.73. The third-order valence-corrected chi connectivity index (χ3v) is 3.39. The van der Waals surface area contributed by atoms with Gasteiger partial charge in [0.15, 0.2) is 0 Å². The maximum atomic E-state index is 5.93. The number of hydrogen-bond acceptors (Lipinski definition) is 2. The van der Waals surface area contributed by atoms with E-state index in [4.69, 9.17) is 16.3 Å². The van der Waals surface area contributed by atoms with Crippen LogP contribution in [-0.2, 0) is 0 Å². The first kappa shape index (κ1) is 14.9. The third-order valence-electron chi connectivity index (χ3n) is 3.14. The van der Waals surface area contributed by atoms with Crippen LogP contribution in [0.25, 0.3) is 0 Å². The molecule has 0 aliphatic heterocycles. The number of rotatable bonds is 7. The minimum Gasteiger partial charge on any atom is -0.494 e. The predicted octanol–water partition coefficient (Wildman–Crippen LogP) is 4.46. The number of halogens is 1. The molecule has 1 unspecified atom stereocenters. The van der Waals surface area contributed by atoms with Gasteiger partial charge in [-0.25, -0.2) is 0 Å². The second kappa shape index (κ2) is 7.93. The van der Waals surface area contributed by atoms with Gasteiger partial charge in [-0.2, -0.15) is 0 Å². The summed E-state index contributed by atoms with van der Waals surface area (Å²) in [5.74, 6) is 0.916. The molecular formula is C17H20ClNO. The van der Waals surface area contributed by atoms with Crippen molar-refractivity contribution in [2.75, 3.05) is 13.2 Å². The topological polar surface area (TPSA) is 21.3 Å². The second-order valence-electron chi connectivity index (χ2n) is 4.61. The number of benzene rings is 2. The molecule has 1 N–H and O–H groups in total. The van der Waals surface area contributed by atoms with Crippen LogP contribution < -0.4 is 10.1 Å². The Labute approximate surface area is 125 Å². The summed E-state index contributed by atoms with van der Waals surface area (Å²) in [7, 11) is 0. The smallest absolute Gasteiger partial charge is 0.119 e. The molecule has 0 spiro atoms. The van der Waals surface area contributed by atoms with Crippen molar-refractivity contribution >= 4 is 11.6 Å². The van der Waals surface area contributed by atoms with Crippen molar-refractivity contribution in [3.8, 4) is 5.75 Å². The summed E-state index contributed by atoms with van der Waals surface area (Å²) in [6.07, 6.45) is 0.921. The SMILES string of the molecule is CCNC(CCOc1ccccc1)c1ccc(Cl)cc1. The Morgan fingerprint density at radius 1 is 1.05 bits per heavy atom. The quantitative estimate of drug-likeness (QED) is 0.812. The highest BCUT2D eigenvalue weighted by Crippen LogP contribution is 2.20. The minimum absolute atomic E-state index is 0.293. The molecule has 0 heterocycles. The second-order valence-corrected chi connectivity index (χ2v) is 5.05. The maximum Gasteiger partial charge on any atom is 0.119 e. The first-order valence-electron chi connectivity index (χ1n) is 6.96. The molecule has 0 aromatic heterocycles. The molecule has 20 heavy (non-hydrogen) atoms. The van der Waals surface area contributed by atoms with Crippen LogP contribution in [-0.4, -0.2) is 13.2 Å². The molecule has 0 aliphatic rings. The van der Waals surface area contributed by atoms with Gasteiger partial charge in [0.2, 0.25) is 0 Å². The van der Waals surface area contributed by atoms with Crippen LogP contribution in [0.3, 0.4) is 0 Å². The molecule has 106 valence electrons. The van der Waals surface area contributed by atoms with E-state index in [1.165, 1.54) is 5.56 Å². The van der Waals surface area contributed by atoms with E-state index < -0.39 is 0 Å². The Morgan fingerprint density at radius 3 is 2.40 bits per heavy atom. The van der Waals surface area contributed by atoms with Crippen molar-refractivity contribution in [2.24, 2.45) is 0 Å². The molecule has 2 rings (SSSR count). The van der Waals surface area contributed by atoms with Crippen molar-refractivity contribution < 1.29 is 4.74 Å². The van der Waals surface area contributed by atoms with Gasteiger partial charge < -0.3 is 10.1 Å². The fraction of sp³-hybridized carbons (Fsp3) is 0.294. The van der Waals surface area contributed by atoms with Crippen LogP contribution in [0, 0.1) is 0 Å². The lowest BCUT2D eigenvalue weighted by atomic mass is 10.0. The van der Waals surface area contributed by atoms with Gasteiger partial charge in [-0.05, 0) is 36.4 Å². The highest BCUT2D eigenvalue weighted by atomic mass is 35.5. The Balaban J connectivity index is 1.90. The van der Waals surface area contributed by atoms with E-state index >= 15 is 0 Å². The summed E-state index contributed by atoms with van der Waals surface area (Å²) >= 11 is 5.93. The third kappa shape index (κ3) is 4.55. The summed E-state index contributed by atoms with van der Waals surface area (Å²) in [4.78, 5) is 0. The molecule has 0 saturated carbocycles. The Hall–Kier alpha value is -1.51. The number of ether oxygens (including phenoxy) is 1. The zero-order valence-corrected chi connectivity index (χ0v) is 12.4. The van der Waals surface area contributed by atoms with E-state index in [0.29, 0.717) is 12.6 Å². The first-order chi connectivity index (χ1) is 9.79. The number of para-hydroxylation sites is 1. The lowest BCUT2D eigenvalue weighted by Crippen LogP contribution is -2.22. The van der Waals surface area contributed by atoms with Crippen LogP contribution in [0.15, 0.2) is 54.6 Å². The van der Waals surface area contributed by atoms with Gasteiger partial charge in [0.25, 0.3) is 0 Å². The molecule has 0 radical (unpaired) electrons. The van der Waals surface area contributed by atoms with Crippen LogP contribution in [0.4, 0.5) is 0 Å². The van der Waals surface area contributed by atoms with Crippen LogP contribution in [0.1, 0.15) is 24.9 Å². The van der Waals surface area contributed by atoms with Crippen molar-refractivity contribution in [1.29, 1.82) is 0 Å². The molecule has 0 saturated heterocycles. The van der Waals surface area contributed by atoms with E-state index in [1.54, 1.807) is 0 Å². The van der Waals surface area contributed by atoms with Gasteiger partial charge in [0.1, 0.15) is 5.75 Å². The predicted molar refractivity (Wildman–Crippen MR) is 84.4 cm³/mol. The highest BCUT2D eigenvalue weighted by molar-refractivity contribution is 6.30. The van der Waals surface area contributed by atoms with E-state index in [9.17, 15) is 0 Å². The van der Waals surface area contributed by atoms with Gasteiger partial charge in [-0.1, -0.05) is 48.9 Å². The molecule has 0 aliphatic carbocycles. The molecule has 0 amide bonds. The average molecular weight is 290 g/mol. The Bertz CT molecular complexity index is 498. The van der Waals surface area contributed by atoms with Crippen molar-refractivity contribution in [3.05, 3.63) is 65.2 Å². The molecule has 2 nitrogen and oxygen atoms in total. The van der Waals surface area contributed by atoms with Crippen LogP contribution >= 0.6 is 11.6 Å². The van der Waals surface area contributed by atoms with E-state index in [2.05, 4.69) is 24.4 Å². The normalized spacial score (nSPS) is 12.1. The fourth-order valence-corrected chi connectivity index (χ4v) is 2.27. The van der Waals surface area contributed by atoms with Gasteiger partial charge in [-0.15, -0.1) is 0 Å². The monoisotopic (exact) mass is 289 g/mol. The summed E-state index contributed by atoms with van der Waals surface area (Å²) in [6, 6.07) is 18.2. The highest BCUT2D eigenvalue weighted by Gasteiger charge is 2.10. The molecule has 2 aromatic carbocycles. The van der Waals surface area contributed by atoms with Gasteiger partial charge in [0, 0.05) is 17.5 Å². The Morgan fingerprint density at radius 2 is 1.75 bits per heavy atom. The fourth-order valence-electron chi connectivity index (χ4n) is 2.14. The molecule has 1 atom stereocenters. The Kier molecular flexibility index (Phi) is 5.90. The van der Waals surface area contributed by atoms with Crippen molar-refractivity contribution in [1.82, 2.24) is 5.32 Å². The zero-order chi connectivity index (χ0) is 14.2. The molecular weight excluding hydrogens is 270 g/mol. The van der Waals surface area contributed by atoms with Gasteiger partial charge in [0.05, 0.1) is 6.61 Å². The number of hydrogen-bond donors (Lipinski definition) is 1. The molecule has 2 aromatic rings. The first-order valence-corrected chi connectivity index (χ1v) is 7.34. The maximum absolute atomic E-state index is 5.93. The standard InChI is InChI=1S/C17H20ClNO/c1-2-19-17(14-8-10-15(18)11-9-14)12-13-20-16-6-4-3-5-7-16/h3-11,17,19H,2,12-13H2,1H3. The van der Waals surface area contributed by atoms with Crippen LogP contribution in [0.5, 0.6) is 5.75 Å². The van der Waals surface area contributed by atoms with E-state index in [0.717, 1.165) is 23.7 Å². The van der Waals surface area contributed by atoms with E-state index in [-0.39, 0.29) is 0 Å². The lowest BCUT2D eigenvalue weighted by Gasteiger charge is -2.18. The van der Waals surface area contributed by atoms with Crippen LogP contribution in [0.2, 0.25) is 5.02 Å². The van der Waals surface area contributed by atoms with E-state index in [1.807, 2.05) is 42.5 Å². The van der Waals surface area contributed by atoms with Crippen molar-refractivity contribution in [2.45, 2.75) is 19.4 Å². The van der Waals surface area contributed by atoms with Gasteiger partial charge >= 0.3 is 0 Å². The zero-order valence-electron chi connectivity index (χ0n) is 11.7. The molecule has 3 heteroatoms. The summed E-state index contributed by atoms with van der Waals surface area (Å²) < 4.78 is 5.76. The molecule has 0 bridgehead atoms. The van der Waals surface area contributed by atoms with Gasteiger partial charge in [-0.3, -0.25) is 0 Å². The number of nitrogens with one attached hydrogen (secondary N) is 1. The lowest BCUT2D eigenvalue weighted by molar-refractivity contribution is 0.287.